The van der Waals surface area contributed by atoms with Gasteiger partial charge in [0.05, 0.1) is 28.0 Å². The summed E-state index contributed by atoms with van der Waals surface area (Å²) in [6, 6.07) is 15.3. The predicted octanol–water partition coefficient (Wildman–Crippen LogP) is 4.44. The highest BCUT2D eigenvalue weighted by Gasteiger charge is 2.12. The van der Waals surface area contributed by atoms with Crippen molar-refractivity contribution >= 4 is 27.2 Å². The van der Waals surface area contributed by atoms with E-state index in [0.717, 1.165) is 5.56 Å². The van der Waals surface area contributed by atoms with E-state index in [1.165, 1.54) is 12.5 Å². The smallest absolute Gasteiger partial charge is 0.286 e. The first-order valence-electron chi connectivity index (χ1n) is 8.51. The number of rotatable bonds is 3. The van der Waals surface area contributed by atoms with E-state index in [2.05, 4.69) is 21.2 Å². The van der Waals surface area contributed by atoms with Crippen LogP contribution in [-0.4, -0.2) is 28.5 Å². The molecule has 3 rings (SSSR count). The molecule has 7 heteroatoms. The molecule has 0 fully saturated rings. The lowest BCUT2D eigenvalue weighted by atomic mass is 10.1. The van der Waals surface area contributed by atoms with Crippen molar-refractivity contribution in [3.05, 3.63) is 88.7 Å². The molecule has 1 amide bonds. The van der Waals surface area contributed by atoms with E-state index >= 15 is 0 Å². The standard InChI is InChI=1S/C22H17ClN2O3S/c1-28-21-6-4-3-5-17(21)8-7-16-13-18(15-24-14-16)22(26)25-29(2,27)20-11-9-19(23)10-12-20/h3-6,9-15H,1-2H3. The van der Waals surface area contributed by atoms with Crippen molar-refractivity contribution in [1.82, 2.24) is 4.98 Å². The molecule has 1 unspecified atom stereocenters. The van der Waals surface area contributed by atoms with E-state index < -0.39 is 15.6 Å². The number of carbonyl (C=O) groups excluding carboxylic acids is 1. The fourth-order valence-corrected chi connectivity index (χ4v) is 3.76. The Morgan fingerprint density at radius 2 is 1.83 bits per heavy atom. The van der Waals surface area contributed by atoms with E-state index in [9.17, 15) is 9.00 Å². The van der Waals surface area contributed by atoms with Crippen LogP contribution in [0.25, 0.3) is 0 Å². The number of hydrogen-bond acceptors (Lipinski definition) is 4. The summed E-state index contributed by atoms with van der Waals surface area (Å²) in [7, 11) is -1.34. The van der Waals surface area contributed by atoms with E-state index in [1.807, 2.05) is 24.3 Å². The van der Waals surface area contributed by atoms with Crippen LogP contribution in [0.3, 0.4) is 0 Å². The third kappa shape index (κ3) is 5.23. The van der Waals surface area contributed by atoms with Crippen molar-refractivity contribution in [2.24, 2.45) is 4.36 Å². The third-order valence-corrected chi connectivity index (χ3v) is 5.85. The summed E-state index contributed by atoms with van der Waals surface area (Å²) in [5, 5.41) is 0.515. The van der Waals surface area contributed by atoms with E-state index in [4.69, 9.17) is 16.3 Å². The molecule has 29 heavy (non-hydrogen) atoms. The lowest BCUT2D eigenvalue weighted by Gasteiger charge is -2.04. The molecule has 3 aromatic rings. The highest BCUT2D eigenvalue weighted by atomic mass is 35.5. The minimum Gasteiger partial charge on any atom is -0.495 e. The zero-order valence-corrected chi connectivity index (χ0v) is 17.3. The second kappa shape index (κ2) is 8.91. The largest absolute Gasteiger partial charge is 0.495 e. The molecule has 0 aliphatic carbocycles. The van der Waals surface area contributed by atoms with Crippen LogP contribution >= 0.6 is 11.6 Å². The number of para-hydroxylation sites is 1. The lowest BCUT2D eigenvalue weighted by Crippen LogP contribution is -2.04. The molecule has 0 saturated heterocycles. The Hall–Kier alpha value is -3.14. The maximum absolute atomic E-state index is 12.9. The molecular weight excluding hydrogens is 408 g/mol. The van der Waals surface area contributed by atoms with Gasteiger partial charge in [0, 0.05) is 34.1 Å². The Morgan fingerprint density at radius 1 is 1.10 bits per heavy atom. The number of aromatic nitrogens is 1. The zero-order chi connectivity index (χ0) is 20.9. The molecule has 0 aliphatic heterocycles. The first-order valence-corrected chi connectivity index (χ1v) is 10.8. The zero-order valence-electron chi connectivity index (χ0n) is 15.8. The van der Waals surface area contributed by atoms with Crippen molar-refractivity contribution in [3.63, 3.8) is 0 Å². The van der Waals surface area contributed by atoms with Gasteiger partial charge in [-0.1, -0.05) is 35.6 Å². The molecule has 0 aliphatic rings. The van der Waals surface area contributed by atoms with E-state index in [1.54, 1.807) is 43.6 Å². The number of pyridine rings is 1. The number of ether oxygens (including phenoxy) is 1. The predicted molar refractivity (Wildman–Crippen MR) is 114 cm³/mol. The van der Waals surface area contributed by atoms with Crippen LogP contribution < -0.4 is 4.74 Å². The molecule has 0 radical (unpaired) electrons. The minimum atomic E-state index is -2.92. The average Bonchev–Trinajstić information content (AvgIpc) is 2.72. The Kier molecular flexibility index (Phi) is 6.32. The summed E-state index contributed by atoms with van der Waals surface area (Å²) in [6.07, 6.45) is 4.33. The summed E-state index contributed by atoms with van der Waals surface area (Å²) < 4.78 is 22.0. The molecule has 1 aromatic heterocycles. The van der Waals surface area contributed by atoms with Gasteiger partial charge in [0.15, 0.2) is 0 Å². The highest BCUT2D eigenvalue weighted by Crippen LogP contribution is 2.18. The maximum Gasteiger partial charge on any atom is 0.286 e. The number of amides is 1. The molecule has 146 valence electrons. The molecule has 2 aromatic carbocycles. The third-order valence-electron chi connectivity index (χ3n) is 3.94. The van der Waals surface area contributed by atoms with Gasteiger partial charge in [0.25, 0.3) is 5.91 Å². The van der Waals surface area contributed by atoms with Crippen molar-refractivity contribution in [1.29, 1.82) is 0 Å². The van der Waals surface area contributed by atoms with Crippen molar-refractivity contribution < 1.29 is 13.7 Å². The summed E-state index contributed by atoms with van der Waals surface area (Å²) in [6.45, 7) is 0. The van der Waals surface area contributed by atoms with Crippen molar-refractivity contribution in [2.75, 3.05) is 13.4 Å². The molecule has 0 N–H and O–H groups in total. The normalized spacial score (nSPS) is 12.2. The number of benzene rings is 2. The summed E-state index contributed by atoms with van der Waals surface area (Å²) >= 11 is 5.85. The number of hydrogen-bond donors (Lipinski definition) is 0. The van der Waals surface area contributed by atoms with Gasteiger partial charge < -0.3 is 4.74 Å². The maximum atomic E-state index is 12.9. The summed E-state index contributed by atoms with van der Waals surface area (Å²) in [5.74, 6) is 5.99. The van der Waals surface area contributed by atoms with Crippen LogP contribution in [0.4, 0.5) is 0 Å². The van der Waals surface area contributed by atoms with Crippen LogP contribution in [-0.2, 0) is 9.73 Å². The van der Waals surface area contributed by atoms with Gasteiger partial charge in [-0.05, 0) is 42.5 Å². The van der Waals surface area contributed by atoms with Gasteiger partial charge in [-0.2, -0.15) is 4.36 Å². The fourth-order valence-electron chi connectivity index (χ4n) is 2.46. The molecule has 1 heterocycles. The summed E-state index contributed by atoms with van der Waals surface area (Å²) in [5.41, 5.74) is 1.46. The summed E-state index contributed by atoms with van der Waals surface area (Å²) in [4.78, 5) is 17.0. The number of carbonyl (C=O) groups is 1. The Balaban J connectivity index is 1.90. The Bertz CT molecular complexity index is 1230. The van der Waals surface area contributed by atoms with E-state index in [0.29, 0.717) is 21.2 Å². The second-order valence-corrected chi connectivity index (χ2v) is 8.76. The van der Waals surface area contributed by atoms with Crippen LogP contribution in [0.5, 0.6) is 5.75 Å². The lowest BCUT2D eigenvalue weighted by molar-refractivity contribution is 0.100. The van der Waals surface area contributed by atoms with Crippen molar-refractivity contribution in [3.8, 4) is 17.6 Å². The molecule has 0 saturated carbocycles. The minimum absolute atomic E-state index is 0.209. The van der Waals surface area contributed by atoms with Gasteiger partial charge in [-0.3, -0.25) is 9.78 Å². The molecule has 0 spiro atoms. The monoisotopic (exact) mass is 424 g/mol. The van der Waals surface area contributed by atoms with Crippen LogP contribution in [0.1, 0.15) is 21.5 Å². The SMILES string of the molecule is COc1ccccc1C#Cc1cncc(C(=O)N=S(C)(=O)c2ccc(Cl)cc2)c1. The van der Waals surface area contributed by atoms with Gasteiger partial charge >= 0.3 is 0 Å². The first-order chi connectivity index (χ1) is 13.9. The second-order valence-electron chi connectivity index (χ2n) is 6.07. The molecule has 1 atom stereocenters. The van der Waals surface area contributed by atoms with E-state index in [-0.39, 0.29) is 5.56 Å². The van der Waals surface area contributed by atoms with Gasteiger partial charge in [-0.15, -0.1) is 0 Å². The average molecular weight is 425 g/mol. The van der Waals surface area contributed by atoms with Gasteiger partial charge in [0.2, 0.25) is 0 Å². The van der Waals surface area contributed by atoms with Gasteiger partial charge in [-0.25, -0.2) is 4.21 Å². The van der Waals surface area contributed by atoms with Crippen LogP contribution in [0.2, 0.25) is 5.02 Å². The highest BCUT2D eigenvalue weighted by molar-refractivity contribution is 7.93. The molecule has 0 bridgehead atoms. The number of methoxy groups -OCH3 is 1. The quantitative estimate of drug-likeness (QED) is 0.583. The van der Waals surface area contributed by atoms with Gasteiger partial charge in [0.1, 0.15) is 5.75 Å². The topological polar surface area (TPSA) is 68.6 Å². The van der Waals surface area contributed by atoms with Crippen LogP contribution in [0, 0.1) is 11.8 Å². The molecule has 5 nitrogen and oxygen atoms in total. The Labute approximate surface area is 174 Å². The fraction of sp³-hybridized carbons (Fsp3) is 0.0909. The van der Waals surface area contributed by atoms with Crippen LogP contribution in [0.15, 0.2) is 76.2 Å². The first kappa shape index (κ1) is 20.6. The van der Waals surface area contributed by atoms with Crippen molar-refractivity contribution in [2.45, 2.75) is 4.90 Å². The number of halogens is 1. The Morgan fingerprint density at radius 3 is 2.55 bits per heavy atom. The molecular formula is C22H17ClN2O3S. The number of nitrogens with zero attached hydrogens (tertiary/aromatic N) is 2.